The van der Waals surface area contributed by atoms with Crippen LogP contribution < -0.4 is 0 Å². The van der Waals surface area contributed by atoms with Crippen molar-refractivity contribution in [1.82, 2.24) is 0 Å². The van der Waals surface area contributed by atoms with E-state index in [4.69, 9.17) is 0 Å². The molecule has 0 aromatic rings. The molecule has 0 spiro atoms. The average Bonchev–Trinajstić information content (AvgIpc) is 1.98. The van der Waals surface area contributed by atoms with Crippen LogP contribution in [0.5, 0.6) is 0 Å². The van der Waals surface area contributed by atoms with Gasteiger partial charge in [0.05, 0.1) is 12.5 Å². The van der Waals surface area contributed by atoms with Crippen molar-refractivity contribution in [2.24, 2.45) is 5.41 Å². The number of rotatable bonds is 1. The van der Waals surface area contributed by atoms with Crippen molar-refractivity contribution in [1.29, 1.82) is 0 Å². The fourth-order valence-corrected chi connectivity index (χ4v) is 1.15. The molecule has 0 amide bonds. The van der Waals surface area contributed by atoms with E-state index >= 15 is 0 Å². The summed E-state index contributed by atoms with van der Waals surface area (Å²) in [5, 5.41) is 0. The van der Waals surface area contributed by atoms with Gasteiger partial charge in [0, 0.05) is 0 Å². The Bertz CT molecular complexity index is 184. The second kappa shape index (κ2) is 2.11. The first kappa shape index (κ1) is 7.32. The largest absolute Gasteiger partial charge is 0.468 e. The maximum absolute atomic E-state index is 11.0. The van der Waals surface area contributed by atoms with Gasteiger partial charge in [-0.3, -0.25) is 4.79 Å². The van der Waals surface area contributed by atoms with Crippen molar-refractivity contribution in [3.63, 3.8) is 0 Å². The SMILES string of the molecule is C=C1CCC1(C)C(=O)OC. The molecule has 0 bridgehead atoms. The van der Waals surface area contributed by atoms with Crippen LogP contribution in [-0.4, -0.2) is 13.1 Å². The Hall–Kier alpha value is -0.790. The maximum Gasteiger partial charge on any atom is 0.315 e. The summed E-state index contributed by atoms with van der Waals surface area (Å²) in [4.78, 5) is 11.0. The molecule has 0 N–H and O–H groups in total. The Labute approximate surface area is 60.9 Å². The summed E-state index contributed by atoms with van der Waals surface area (Å²) < 4.78 is 4.63. The lowest BCUT2D eigenvalue weighted by Crippen LogP contribution is -2.37. The predicted octanol–water partition coefficient (Wildman–Crippen LogP) is 1.52. The highest BCUT2D eigenvalue weighted by atomic mass is 16.5. The zero-order chi connectivity index (χ0) is 7.78. The molecule has 56 valence electrons. The zero-order valence-corrected chi connectivity index (χ0v) is 6.44. The van der Waals surface area contributed by atoms with E-state index < -0.39 is 0 Å². The quantitative estimate of drug-likeness (QED) is 0.407. The minimum absolute atomic E-state index is 0.149. The molecule has 2 heteroatoms. The molecule has 0 radical (unpaired) electrons. The number of methoxy groups -OCH3 is 1. The minimum atomic E-state index is -0.366. The fourth-order valence-electron chi connectivity index (χ4n) is 1.15. The van der Waals surface area contributed by atoms with Crippen molar-refractivity contribution in [2.75, 3.05) is 7.11 Å². The van der Waals surface area contributed by atoms with Gasteiger partial charge in [0.15, 0.2) is 0 Å². The number of hydrogen-bond acceptors (Lipinski definition) is 2. The van der Waals surface area contributed by atoms with E-state index in [1.54, 1.807) is 0 Å². The lowest BCUT2D eigenvalue weighted by molar-refractivity contribution is -0.152. The molecule has 1 fully saturated rings. The van der Waals surface area contributed by atoms with E-state index in [0.717, 1.165) is 18.4 Å². The van der Waals surface area contributed by atoms with Crippen molar-refractivity contribution < 1.29 is 9.53 Å². The van der Waals surface area contributed by atoms with Gasteiger partial charge in [0.1, 0.15) is 0 Å². The summed E-state index contributed by atoms with van der Waals surface area (Å²) in [6.07, 6.45) is 1.85. The standard InChI is InChI=1S/C8H12O2/c1-6-4-5-8(6,2)7(9)10-3/h1,4-5H2,2-3H3. The predicted molar refractivity (Wildman–Crippen MR) is 38.5 cm³/mol. The van der Waals surface area contributed by atoms with E-state index in [2.05, 4.69) is 11.3 Å². The van der Waals surface area contributed by atoms with Gasteiger partial charge in [0.2, 0.25) is 0 Å². The van der Waals surface area contributed by atoms with E-state index in [1.807, 2.05) is 6.92 Å². The third-order valence-corrected chi connectivity index (χ3v) is 2.34. The molecule has 0 aromatic heterocycles. The van der Waals surface area contributed by atoms with E-state index in [0.29, 0.717) is 0 Å². The maximum atomic E-state index is 11.0. The molecule has 1 saturated carbocycles. The van der Waals surface area contributed by atoms with E-state index in [-0.39, 0.29) is 11.4 Å². The summed E-state index contributed by atoms with van der Waals surface area (Å²) in [6.45, 7) is 5.66. The highest BCUT2D eigenvalue weighted by Gasteiger charge is 2.43. The van der Waals surface area contributed by atoms with Crippen LogP contribution in [0.2, 0.25) is 0 Å². The lowest BCUT2D eigenvalue weighted by Gasteiger charge is -2.37. The van der Waals surface area contributed by atoms with Crippen LogP contribution in [0.25, 0.3) is 0 Å². The van der Waals surface area contributed by atoms with Crippen molar-refractivity contribution in [3.05, 3.63) is 12.2 Å². The molecule has 0 saturated heterocycles. The number of hydrogen-bond donors (Lipinski definition) is 0. The Kier molecular flexibility index (Phi) is 1.55. The molecule has 2 nitrogen and oxygen atoms in total. The summed E-state index contributed by atoms with van der Waals surface area (Å²) in [6, 6.07) is 0. The molecule has 10 heavy (non-hydrogen) atoms. The van der Waals surface area contributed by atoms with Crippen LogP contribution in [0.4, 0.5) is 0 Å². The van der Waals surface area contributed by atoms with Crippen molar-refractivity contribution in [2.45, 2.75) is 19.8 Å². The first-order valence-electron chi connectivity index (χ1n) is 3.38. The molecule has 0 heterocycles. The molecular formula is C8H12O2. The molecule has 0 aromatic carbocycles. The van der Waals surface area contributed by atoms with Crippen LogP contribution in [0.1, 0.15) is 19.8 Å². The van der Waals surface area contributed by atoms with E-state index in [9.17, 15) is 4.79 Å². The van der Waals surface area contributed by atoms with Crippen molar-refractivity contribution in [3.8, 4) is 0 Å². The third kappa shape index (κ3) is 0.753. The topological polar surface area (TPSA) is 26.3 Å². The Morgan fingerprint density at radius 2 is 2.40 bits per heavy atom. The Balaban J connectivity index is 2.69. The molecular weight excluding hydrogens is 128 g/mol. The Morgan fingerprint density at radius 3 is 2.50 bits per heavy atom. The summed E-state index contributed by atoms with van der Waals surface area (Å²) in [7, 11) is 1.42. The minimum Gasteiger partial charge on any atom is -0.468 e. The molecule has 1 unspecified atom stereocenters. The monoisotopic (exact) mass is 140 g/mol. The van der Waals surface area contributed by atoms with Gasteiger partial charge >= 0.3 is 5.97 Å². The highest BCUT2D eigenvalue weighted by Crippen LogP contribution is 2.45. The van der Waals surface area contributed by atoms with Gasteiger partial charge < -0.3 is 4.74 Å². The highest BCUT2D eigenvalue weighted by molar-refractivity contribution is 5.81. The lowest BCUT2D eigenvalue weighted by atomic mass is 9.66. The summed E-state index contributed by atoms with van der Waals surface area (Å²) >= 11 is 0. The fraction of sp³-hybridized carbons (Fsp3) is 0.625. The van der Waals surface area contributed by atoms with Crippen LogP contribution in [0, 0.1) is 5.41 Å². The molecule has 1 aliphatic rings. The first-order valence-corrected chi connectivity index (χ1v) is 3.38. The molecule has 0 aliphatic heterocycles. The average molecular weight is 140 g/mol. The second-order valence-corrected chi connectivity index (χ2v) is 2.93. The van der Waals surface area contributed by atoms with Gasteiger partial charge in [-0.2, -0.15) is 0 Å². The zero-order valence-electron chi connectivity index (χ0n) is 6.44. The van der Waals surface area contributed by atoms with Crippen molar-refractivity contribution >= 4 is 5.97 Å². The smallest absolute Gasteiger partial charge is 0.315 e. The van der Waals surface area contributed by atoms with Crippen LogP contribution in [0.3, 0.4) is 0 Å². The second-order valence-electron chi connectivity index (χ2n) is 2.93. The number of ether oxygens (including phenoxy) is 1. The summed E-state index contributed by atoms with van der Waals surface area (Å²) in [5.41, 5.74) is 0.633. The van der Waals surface area contributed by atoms with Gasteiger partial charge in [-0.15, -0.1) is 0 Å². The van der Waals surface area contributed by atoms with Gasteiger partial charge in [-0.25, -0.2) is 0 Å². The molecule has 1 aliphatic carbocycles. The molecule has 1 atom stereocenters. The Morgan fingerprint density at radius 1 is 1.80 bits per heavy atom. The van der Waals surface area contributed by atoms with Crippen LogP contribution in [-0.2, 0) is 9.53 Å². The van der Waals surface area contributed by atoms with Crippen LogP contribution in [0.15, 0.2) is 12.2 Å². The number of esters is 1. The summed E-state index contributed by atoms with van der Waals surface area (Å²) in [5.74, 6) is -0.149. The molecule has 1 rings (SSSR count). The number of carbonyl (C=O) groups is 1. The first-order chi connectivity index (χ1) is 4.61. The third-order valence-electron chi connectivity index (χ3n) is 2.34. The number of carbonyl (C=O) groups excluding carboxylic acids is 1. The van der Waals surface area contributed by atoms with Gasteiger partial charge in [-0.05, 0) is 19.8 Å². The van der Waals surface area contributed by atoms with E-state index in [1.165, 1.54) is 7.11 Å². The van der Waals surface area contributed by atoms with Crippen LogP contribution >= 0.6 is 0 Å². The van der Waals surface area contributed by atoms with Gasteiger partial charge in [-0.1, -0.05) is 12.2 Å². The van der Waals surface area contributed by atoms with Gasteiger partial charge in [0.25, 0.3) is 0 Å². The normalized spacial score (nSPS) is 31.2.